The maximum absolute atomic E-state index is 4.87. The number of pyridine rings is 3. The zero-order valence-electron chi connectivity index (χ0n) is 48.9. The van der Waals surface area contributed by atoms with Crippen LogP contribution in [0.4, 0.5) is 0 Å². The van der Waals surface area contributed by atoms with E-state index in [1.807, 2.05) is 36.8 Å². The van der Waals surface area contributed by atoms with Gasteiger partial charge in [0.1, 0.15) is 0 Å². The largest absolute Gasteiger partial charge is 0.256 e. The van der Waals surface area contributed by atoms with Gasteiger partial charge in [-0.05, 0) is 204 Å². The van der Waals surface area contributed by atoms with Crippen LogP contribution in [0.25, 0.3) is 123 Å². The third-order valence-corrected chi connectivity index (χ3v) is 16.9. The van der Waals surface area contributed by atoms with Gasteiger partial charge in [-0.1, -0.05) is 249 Å². The predicted molar refractivity (Wildman–Crippen MR) is 367 cm³/mol. The lowest BCUT2D eigenvalue weighted by atomic mass is 9.84. The fourth-order valence-electron chi connectivity index (χ4n) is 12.4. The van der Waals surface area contributed by atoms with E-state index in [4.69, 9.17) is 15.0 Å². The summed E-state index contributed by atoms with van der Waals surface area (Å²) in [5.74, 6) is 0. The van der Waals surface area contributed by atoms with Crippen LogP contribution in [0.1, 0.15) is 22.3 Å². The van der Waals surface area contributed by atoms with Gasteiger partial charge in [0.05, 0.1) is 17.1 Å². The molecule has 0 fully saturated rings. The highest BCUT2D eigenvalue weighted by molar-refractivity contribution is 5.96. The molecule has 3 heteroatoms. The molecule has 418 valence electrons. The third kappa shape index (κ3) is 12.2. The third-order valence-electron chi connectivity index (χ3n) is 16.9. The number of nitrogens with zero attached hydrogens (tertiary/aromatic N) is 3. The normalized spacial score (nSPS) is 11.1. The summed E-state index contributed by atoms with van der Waals surface area (Å²) < 4.78 is 0. The van der Waals surface area contributed by atoms with Crippen LogP contribution in [0.3, 0.4) is 0 Å². The SMILES string of the molecule is c1ccc(-c2ccc(-c3ccc(-c4cc(CCc5ccc(-c6ccccn6)cc5-c5ccccc5)cc(CCc5ccc(-c6ccccn6)cc5-c5ccccc5)c4)c(-c4ccc(-c5ccccn5)cc4-c4cccc(-c5ccccc5)c4)c3)cc2)cc1. The lowest BCUT2D eigenvalue weighted by Crippen LogP contribution is -2.00. The highest BCUT2D eigenvalue weighted by Crippen LogP contribution is 2.44. The Kier molecular flexibility index (Phi) is 15.9. The molecule has 3 heterocycles. The van der Waals surface area contributed by atoms with Crippen molar-refractivity contribution in [2.24, 2.45) is 0 Å². The van der Waals surface area contributed by atoms with Crippen molar-refractivity contribution in [2.45, 2.75) is 25.7 Å². The lowest BCUT2D eigenvalue weighted by Gasteiger charge is -2.20. The molecule has 0 amide bonds. The van der Waals surface area contributed by atoms with Crippen molar-refractivity contribution in [3.8, 4) is 123 Å². The monoisotopic (exact) mass is 1130 g/mol. The van der Waals surface area contributed by atoms with Crippen LogP contribution in [-0.4, -0.2) is 15.0 Å². The Hall–Kier alpha value is -11.1. The molecule has 0 N–H and O–H groups in total. The topological polar surface area (TPSA) is 38.7 Å². The molecule has 88 heavy (non-hydrogen) atoms. The number of benzene rings is 11. The van der Waals surface area contributed by atoms with E-state index >= 15 is 0 Å². The minimum Gasteiger partial charge on any atom is -0.256 e. The molecule has 11 aromatic carbocycles. The van der Waals surface area contributed by atoms with E-state index in [1.165, 1.54) is 77.9 Å². The van der Waals surface area contributed by atoms with Crippen molar-refractivity contribution < 1.29 is 0 Å². The quantitative estimate of drug-likeness (QED) is 0.0912. The van der Waals surface area contributed by atoms with Gasteiger partial charge in [0.15, 0.2) is 0 Å². The van der Waals surface area contributed by atoms with Crippen LogP contribution >= 0.6 is 0 Å². The molecular formula is C85H63N3. The Morgan fingerprint density at radius 1 is 0.170 bits per heavy atom. The van der Waals surface area contributed by atoms with Crippen molar-refractivity contribution in [2.75, 3.05) is 0 Å². The Bertz CT molecular complexity index is 4520. The van der Waals surface area contributed by atoms with Crippen LogP contribution in [0.5, 0.6) is 0 Å². The second-order valence-electron chi connectivity index (χ2n) is 22.6. The molecular weight excluding hydrogens is 1060 g/mol. The summed E-state index contributed by atoms with van der Waals surface area (Å²) in [5, 5.41) is 0. The van der Waals surface area contributed by atoms with Gasteiger partial charge >= 0.3 is 0 Å². The first-order chi connectivity index (χ1) is 43.6. The number of aromatic nitrogens is 3. The molecule has 0 saturated heterocycles. The molecule has 3 aromatic heterocycles. The van der Waals surface area contributed by atoms with Crippen molar-refractivity contribution >= 4 is 0 Å². The Morgan fingerprint density at radius 3 is 1.01 bits per heavy atom. The molecule has 0 spiro atoms. The molecule has 0 aliphatic rings. The first-order valence-corrected chi connectivity index (χ1v) is 30.4. The van der Waals surface area contributed by atoms with Crippen molar-refractivity contribution in [3.05, 3.63) is 356 Å². The Labute approximate surface area is 516 Å². The van der Waals surface area contributed by atoms with E-state index in [2.05, 4.69) is 297 Å². The number of aryl methyl sites for hydroxylation is 4. The lowest BCUT2D eigenvalue weighted by molar-refractivity contribution is 0.933. The highest BCUT2D eigenvalue weighted by atomic mass is 14.7. The van der Waals surface area contributed by atoms with Gasteiger partial charge in [0, 0.05) is 35.3 Å². The average Bonchev–Trinajstić information content (AvgIpc) is 2.98. The molecule has 14 aromatic rings. The van der Waals surface area contributed by atoms with Crippen LogP contribution in [-0.2, 0) is 25.7 Å². The maximum Gasteiger partial charge on any atom is 0.0702 e. The number of hydrogen-bond acceptors (Lipinski definition) is 3. The molecule has 0 radical (unpaired) electrons. The second kappa shape index (κ2) is 25.6. The Balaban J connectivity index is 0.932. The second-order valence-corrected chi connectivity index (χ2v) is 22.6. The van der Waals surface area contributed by atoms with E-state index in [0.29, 0.717) is 0 Å². The minimum atomic E-state index is 0.842. The average molecular weight is 1130 g/mol. The van der Waals surface area contributed by atoms with Crippen molar-refractivity contribution in [1.82, 2.24) is 15.0 Å². The van der Waals surface area contributed by atoms with Crippen LogP contribution in [0.15, 0.2) is 334 Å². The summed E-state index contributed by atoms with van der Waals surface area (Å²) >= 11 is 0. The summed E-state index contributed by atoms with van der Waals surface area (Å²) in [6.45, 7) is 0. The van der Waals surface area contributed by atoms with E-state index in [0.717, 1.165) is 92.8 Å². The standard InChI is InChI=1S/C85H63N3/c1-5-20-62(21-6-1)64-37-39-65(40-38-64)71-45-47-77(82(56-71)78-48-46-75(85-32-15-18-51-88-85)59-81(78)72-29-19-28-70(55-72)63-22-7-2-8-23-63)76-53-60(33-35-68-41-43-73(83-30-13-16-49-86-83)57-79(68)66-24-9-3-10-25-66)52-61(54-76)34-36-69-42-44-74(84-31-14-17-50-87-84)58-80(69)67-26-11-4-12-27-67/h1-32,37-59H,33-36H2. The van der Waals surface area contributed by atoms with Crippen LogP contribution in [0, 0.1) is 0 Å². The minimum absolute atomic E-state index is 0.842. The fraction of sp³-hybridized carbons (Fsp3) is 0.0471. The van der Waals surface area contributed by atoms with Gasteiger partial charge in [-0.2, -0.15) is 0 Å². The molecule has 14 rings (SSSR count). The van der Waals surface area contributed by atoms with E-state index in [-0.39, 0.29) is 0 Å². The van der Waals surface area contributed by atoms with Gasteiger partial charge in [0.25, 0.3) is 0 Å². The number of rotatable bonds is 17. The van der Waals surface area contributed by atoms with E-state index in [9.17, 15) is 0 Å². The molecule has 0 aliphatic carbocycles. The van der Waals surface area contributed by atoms with Gasteiger partial charge < -0.3 is 0 Å². The molecule has 0 atom stereocenters. The molecule has 0 unspecified atom stereocenters. The first kappa shape index (κ1) is 54.8. The molecule has 0 bridgehead atoms. The van der Waals surface area contributed by atoms with Gasteiger partial charge in [-0.25, -0.2) is 0 Å². The smallest absolute Gasteiger partial charge is 0.0702 e. The van der Waals surface area contributed by atoms with Gasteiger partial charge in [-0.15, -0.1) is 0 Å². The molecule has 3 nitrogen and oxygen atoms in total. The maximum atomic E-state index is 4.87. The van der Waals surface area contributed by atoms with Gasteiger partial charge in [0.2, 0.25) is 0 Å². The predicted octanol–water partition coefficient (Wildman–Crippen LogP) is 21.8. The summed E-state index contributed by atoms with van der Waals surface area (Å²) in [4.78, 5) is 14.4. The van der Waals surface area contributed by atoms with E-state index in [1.54, 1.807) is 0 Å². The summed E-state index contributed by atoms with van der Waals surface area (Å²) in [6.07, 6.45) is 9.02. The van der Waals surface area contributed by atoms with E-state index < -0.39 is 0 Å². The van der Waals surface area contributed by atoms with Gasteiger partial charge in [-0.3, -0.25) is 15.0 Å². The zero-order valence-corrected chi connectivity index (χ0v) is 48.9. The van der Waals surface area contributed by atoms with Crippen LogP contribution < -0.4 is 0 Å². The Morgan fingerprint density at radius 2 is 0.523 bits per heavy atom. The molecule has 0 aliphatic heterocycles. The summed E-state index contributed by atoms with van der Waals surface area (Å²) in [5.41, 5.74) is 30.2. The summed E-state index contributed by atoms with van der Waals surface area (Å²) in [6, 6.07) is 115. The van der Waals surface area contributed by atoms with Crippen molar-refractivity contribution in [1.29, 1.82) is 0 Å². The first-order valence-electron chi connectivity index (χ1n) is 30.4. The van der Waals surface area contributed by atoms with Crippen LogP contribution in [0.2, 0.25) is 0 Å². The fourth-order valence-corrected chi connectivity index (χ4v) is 12.4. The van der Waals surface area contributed by atoms with Crippen molar-refractivity contribution in [3.63, 3.8) is 0 Å². The summed E-state index contributed by atoms with van der Waals surface area (Å²) in [7, 11) is 0. The highest BCUT2D eigenvalue weighted by Gasteiger charge is 2.20. The number of hydrogen-bond donors (Lipinski definition) is 0. The zero-order chi connectivity index (χ0) is 58.9. The molecule has 0 saturated carbocycles.